The van der Waals surface area contributed by atoms with Gasteiger partial charge in [0.05, 0.1) is 0 Å². The number of rotatable bonds is 2. The van der Waals surface area contributed by atoms with Crippen LogP contribution in [0.3, 0.4) is 0 Å². The molecule has 4 nitrogen and oxygen atoms in total. The first kappa shape index (κ1) is 12.8. The van der Waals surface area contributed by atoms with Crippen molar-refractivity contribution in [3.05, 3.63) is 48.1 Å². The number of amides is 1. The number of nitrogens with one attached hydrogen (secondary N) is 1. The largest absolute Gasteiger partial charge is 0.335 e. The number of anilines is 1. The lowest BCUT2D eigenvalue weighted by molar-refractivity contribution is -0.120. The lowest BCUT2D eigenvalue weighted by atomic mass is 9.97. The maximum atomic E-state index is 13.5. The quantitative estimate of drug-likeness (QED) is 0.916. The van der Waals surface area contributed by atoms with E-state index in [0.717, 1.165) is 18.0 Å². The number of carbonyl (C=O) groups is 1. The SMILES string of the molecule is O=C(Nc1c(F)cccc1F)C1CCn2ccnc2C1. The molecule has 1 N–H and O–H groups in total. The van der Waals surface area contributed by atoms with Gasteiger partial charge in [0.1, 0.15) is 23.1 Å². The summed E-state index contributed by atoms with van der Waals surface area (Å²) >= 11 is 0. The van der Waals surface area contributed by atoms with Crippen molar-refractivity contribution in [3.63, 3.8) is 0 Å². The highest BCUT2D eigenvalue weighted by Crippen LogP contribution is 2.23. The van der Waals surface area contributed by atoms with E-state index in [1.807, 2.05) is 10.8 Å². The van der Waals surface area contributed by atoms with E-state index in [0.29, 0.717) is 19.4 Å². The van der Waals surface area contributed by atoms with E-state index in [1.165, 1.54) is 6.07 Å². The van der Waals surface area contributed by atoms with Crippen molar-refractivity contribution in [2.45, 2.75) is 19.4 Å². The van der Waals surface area contributed by atoms with E-state index in [2.05, 4.69) is 10.3 Å². The molecular formula is C14H13F2N3O. The predicted octanol–water partition coefficient (Wildman–Crippen LogP) is 2.36. The molecular weight excluding hydrogens is 264 g/mol. The van der Waals surface area contributed by atoms with Gasteiger partial charge in [-0.3, -0.25) is 4.79 Å². The molecule has 3 rings (SSSR count). The average molecular weight is 277 g/mol. The van der Waals surface area contributed by atoms with Crippen LogP contribution in [0.15, 0.2) is 30.6 Å². The minimum absolute atomic E-state index is 0.316. The number of para-hydroxylation sites is 1. The van der Waals surface area contributed by atoms with Gasteiger partial charge in [0, 0.05) is 31.3 Å². The zero-order valence-electron chi connectivity index (χ0n) is 10.6. The number of aromatic nitrogens is 2. The second kappa shape index (κ2) is 5.03. The molecule has 6 heteroatoms. The molecule has 2 heterocycles. The van der Waals surface area contributed by atoms with Crippen molar-refractivity contribution in [2.24, 2.45) is 5.92 Å². The van der Waals surface area contributed by atoms with Gasteiger partial charge in [-0.05, 0) is 18.6 Å². The zero-order chi connectivity index (χ0) is 14.1. The molecule has 1 aliphatic rings. The van der Waals surface area contributed by atoms with Crippen molar-refractivity contribution >= 4 is 11.6 Å². The summed E-state index contributed by atoms with van der Waals surface area (Å²) < 4.78 is 29.0. The molecule has 2 aromatic rings. The highest BCUT2D eigenvalue weighted by molar-refractivity contribution is 5.93. The number of hydrogen-bond donors (Lipinski definition) is 1. The Kier molecular flexibility index (Phi) is 3.22. The van der Waals surface area contributed by atoms with Crippen LogP contribution in [0.5, 0.6) is 0 Å². The first-order valence-electron chi connectivity index (χ1n) is 6.40. The fourth-order valence-corrected chi connectivity index (χ4v) is 2.42. The Balaban J connectivity index is 1.75. The Morgan fingerprint density at radius 3 is 2.85 bits per heavy atom. The number of imidazole rings is 1. The van der Waals surface area contributed by atoms with Crippen LogP contribution in [0, 0.1) is 17.6 Å². The highest BCUT2D eigenvalue weighted by Gasteiger charge is 2.26. The van der Waals surface area contributed by atoms with Gasteiger partial charge in [0.25, 0.3) is 0 Å². The van der Waals surface area contributed by atoms with Gasteiger partial charge in [-0.2, -0.15) is 0 Å². The van der Waals surface area contributed by atoms with Crippen LogP contribution in [0.2, 0.25) is 0 Å². The fraction of sp³-hybridized carbons (Fsp3) is 0.286. The third-order valence-electron chi connectivity index (χ3n) is 3.53. The van der Waals surface area contributed by atoms with Gasteiger partial charge in [-0.25, -0.2) is 13.8 Å². The number of benzene rings is 1. The van der Waals surface area contributed by atoms with E-state index < -0.39 is 11.6 Å². The minimum Gasteiger partial charge on any atom is -0.335 e. The number of aryl methyl sites for hydroxylation is 1. The molecule has 0 aliphatic carbocycles. The number of nitrogens with zero attached hydrogens (tertiary/aromatic N) is 2. The van der Waals surface area contributed by atoms with Gasteiger partial charge in [-0.1, -0.05) is 6.07 Å². The van der Waals surface area contributed by atoms with Crippen molar-refractivity contribution in [2.75, 3.05) is 5.32 Å². The lowest BCUT2D eigenvalue weighted by Gasteiger charge is -2.22. The Morgan fingerprint density at radius 1 is 1.35 bits per heavy atom. The molecule has 0 bridgehead atoms. The van der Waals surface area contributed by atoms with Crippen LogP contribution < -0.4 is 5.32 Å². The monoisotopic (exact) mass is 277 g/mol. The number of hydrogen-bond acceptors (Lipinski definition) is 2. The maximum Gasteiger partial charge on any atom is 0.228 e. The van der Waals surface area contributed by atoms with E-state index in [9.17, 15) is 13.6 Å². The second-order valence-electron chi connectivity index (χ2n) is 4.81. The van der Waals surface area contributed by atoms with E-state index in [1.54, 1.807) is 6.20 Å². The van der Waals surface area contributed by atoms with E-state index in [4.69, 9.17) is 0 Å². The molecule has 1 aromatic carbocycles. The molecule has 0 saturated heterocycles. The molecule has 1 unspecified atom stereocenters. The maximum absolute atomic E-state index is 13.5. The molecule has 20 heavy (non-hydrogen) atoms. The summed E-state index contributed by atoms with van der Waals surface area (Å²) in [4.78, 5) is 16.3. The standard InChI is InChI=1S/C14H13F2N3O/c15-10-2-1-3-11(16)13(10)18-14(20)9-4-6-19-7-5-17-12(19)8-9/h1-3,5,7,9H,4,6,8H2,(H,18,20). The van der Waals surface area contributed by atoms with Gasteiger partial charge < -0.3 is 9.88 Å². The van der Waals surface area contributed by atoms with Crippen molar-refractivity contribution in [1.82, 2.24) is 9.55 Å². The van der Waals surface area contributed by atoms with Gasteiger partial charge in [0.15, 0.2) is 0 Å². The third-order valence-corrected chi connectivity index (χ3v) is 3.53. The smallest absolute Gasteiger partial charge is 0.228 e. The molecule has 1 atom stereocenters. The first-order chi connectivity index (χ1) is 9.65. The first-order valence-corrected chi connectivity index (χ1v) is 6.40. The van der Waals surface area contributed by atoms with Crippen molar-refractivity contribution in [3.8, 4) is 0 Å². The topological polar surface area (TPSA) is 46.9 Å². The Morgan fingerprint density at radius 2 is 2.10 bits per heavy atom. The minimum atomic E-state index is -0.768. The number of halogens is 2. The molecule has 0 saturated carbocycles. The van der Waals surface area contributed by atoms with Gasteiger partial charge in [-0.15, -0.1) is 0 Å². The average Bonchev–Trinajstić information content (AvgIpc) is 2.90. The van der Waals surface area contributed by atoms with E-state index >= 15 is 0 Å². The predicted molar refractivity (Wildman–Crippen MR) is 69.0 cm³/mol. The summed E-state index contributed by atoms with van der Waals surface area (Å²) in [7, 11) is 0. The molecule has 1 aliphatic heterocycles. The van der Waals surface area contributed by atoms with Crippen molar-refractivity contribution < 1.29 is 13.6 Å². The summed E-state index contributed by atoms with van der Waals surface area (Å²) in [6.07, 6.45) is 4.66. The van der Waals surface area contributed by atoms with Crippen LogP contribution in [0.1, 0.15) is 12.2 Å². The highest BCUT2D eigenvalue weighted by atomic mass is 19.1. The molecule has 0 fully saturated rings. The van der Waals surface area contributed by atoms with Crippen LogP contribution in [-0.2, 0) is 17.8 Å². The number of carbonyl (C=O) groups excluding carboxylic acids is 1. The summed E-state index contributed by atoms with van der Waals surface area (Å²) in [5, 5.41) is 2.35. The normalized spacial score (nSPS) is 17.6. The second-order valence-corrected chi connectivity index (χ2v) is 4.81. The Bertz CT molecular complexity index is 633. The zero-order valence-corrected chi connectivity index (χ0v) is 10.6. The van der Waals surface area contributed by atoms with Crippen LogP contribution in [-0.4, -0.2) is 15.5 Å². The van der Waals surface area contributed by atoms with Crippen LogP contribution >= 0.6 is 0 Å². The molecule has 0 spiro atoms. The third kappa shape index (κ3) is 2.29. The van der Waals surface area contributed by atoms with Gasteiger partial charge >= 0.3 is 0 Å². The molecule has 104 valence electrons. The molecule has 1 aromatic heterocycles. The number of fused-ring (bicyclic) bond motifs is 1. The lowest BCUT2D eigenvalue weighted by Crippen LogP contribution is -2.30. The van der Waals surface area contributed by atoms with Crippen molar-refractivity contribution in [1.29, 1.82) is 0 Å². The van der Waals surface area contributed by atoms with Gasteiger partial charge in [0.2, 0.25) is 5.91 Å². The summed E-state index contributed by atoms with van der Waals surface area (Å²) in [5.41, 5.74) is -0.383. The van der Waals surface area contributed by atoms with Crippen LogP contribution in [0.25, 0.3) is 0 Å². The fourth-order valence-electron chi connectivity index (χ4n) is 2.42. The Hall–Kier alpha value is -2.24. The Labute approximate surface area is 114 Å². The van der Waals surface area contributed by atoms with Crippen LogP contribution in [0.4, 0.5) is 14.5 Å². The molecule has 0 radical (unpaired) electrons. The summed E-state index contributed by atoms with van der Waals surface area (Å²) in [6, 6.07) is 3.50. The molecule has 1 amide bonds. The summed E-state index contributed by atoms with van der Waals surface area (Å²) in [5.74, 6) is -1.40. The van der Waals surface area contributed by atoms with E-state index in [-0.39, 0.29) is 17.5 Å². The summed E-state index contributed by atoms with van der Waals surface area (Å²) in [6.45, 7) is 0.688.